The quantitative estimate of drug-likeness (QED) is 0.911. The van der Waals surface area contributed by atoms with Crippen molar-refractivity contribution in [3.8, 4) is 11.3 Å². The molecule has 1 unspecified atom stereocenters. The highest BCUT2D eigenvalue weighted by molar-refractivity contribution is 7.10. The van der Waals surface area contributed by atoms with Gasteiger partial charge in [-0.05, 0) is 62.3 Å². The zero-order valence-corrected chi connectivity index (χ0v) is 12.6. The highest BCUT2D eigenvalue weighted by Gasteiger charge is 2.31. The molecule has 1 fully saturated rings. The van der Waals surface area contributed by atoms with Gasteiger partial charge in [0.05, 0.1) is 11.7 Å². The molecular weight excluding hydrogens is 252 g/mol. The summed E-state index contributed by atoms with van der Waals surface area (Å²) in [5, 5.41) is 3.24. The Morgan fingerprint density at radius 1 is 1.16 bits per heavy atom. The predicted octanol–water partition coefficient (Wildman–Crippen LogP) is 4.15. The Bertz CT molecular complexity index is 611. The molecule has 1 heterocycles. The number of thiazole rings is 1. The lowest BCUT2D eigenvalue weighted by molar-refractivity contribution is 0.629. The van der Waals surface area contributed by atoms with Crippen molar-refractivity contribution >= 4 is 11.3 Å². The van der Waals surface area contributed by atoms with Crippen molar-refractivity contribution in [3.05, 3.63) is 39.2 Å². The van der Waals surface area contributed by atoms with Gasteiger partial charge in [0.25, 0.3) is 0 Å². The molecule has 0 spiro atoms. The molecule has 0 saturated heterocycles. The molecular formula is C16H20N2S. The van der Waals surface area contributed by atoms with Gasteiger partial charge in [-0.15, -0.1) is 11.3 Å². The van der Waals surface area contributed by atoms with Crippen LogP contribution >= 0.6 is 11.3 Å². The van der Waals surface area contributed by atoms with Crippen LogP contribution in [0.3, 0.4) is 0 Å². The van der Waals surface area contributed by atoms with Crippen molar-refractivity contribution in [3.63, 3.8) is 0 Å². The summed E-state index contributed by atoms with van der Waals surface area (Å²) >= 11 is 1.70. The van der Waals surface area contributed by atoms with Crippen LogP contribution in [0.2, 0.25) is 0 Å². The molecule has 100 valence electrons. The van der Waals surface area contributed by atoms with Gasteiger partial charge in [-0.25, -0.2) is 4.98 Å². The Balaban J connectivity index is 1.96. The summed E-state index contributed by atoms with van der Waals surface area (Å²) in [5.41, 5.74) is 12.5. The van der Waals surface area contributed by atoms with Gasteiger partial charge in [0.15, 0.2) is 0 Å². The van der Waals surface area contributed by atoms with Crippen molar-refractivity contribution in [2.75, 3.05) is 0 Å². The molecule has 0 aliphatic heterocycles. The van der Waals surface area contributed by atoms with E-state index in [9.17, 15) is 0 Å². The Kier molecular flexibility index (Phi) is 3.19. The average molecular weight is 272 g/mol. The van der Waals surface area contributed by atoms with E-state index in [4.69, 9.17) is 10.7 Å². The number of rotatable bonds is 3. The molecule has 1 atom stereocenters. The van der Waals surface area contributed by atoms with Gasteiger partial charge in [-0.3, -0.25) is 0 Å². The molecule has 1 aliphatic carbocycles. The van der Waals surface area contributed by atoms with Crippen molar-refractivity contribution in [2.45, 2.75) is 39.7 Å². The fourth-order valence-electron chi connectivity index (χ4n) is 2.46. The fourth-order valence-corrected chi connectivity index (χ4v) is 3.37. The van der Waals surface area contributed by atoms with E-state index in [0.29, 0.717) is 5.92 Å². The van der Waals surface area contributed by atoms with Crippen LogP contribution in [0.5, 0.6) is 0 Å². The van der Waals surface area contributed by atoms with Gasteiger partial charge in [0.1, 0.15) is 5.01 Å². The number of hydrogen-bond donors (Lipinski definition) is 1. The van der Waals surface area contributed by atoms with Crippen LogP contribution in [-0.4, -0.2) is 4.98 Å². The summed E-state index contributed by atoms with van der Waals surface area (Å²) in [6.45, 7) is 6.46. The zero-order valence-electron chi connectivity index (χ0n) is 11.7. The normalized spacial score (nSPS) is 16.6. The van der Waals surface area contributed by atoms with Crippen LogP contribution in [-0.2, 0) is 0 Å². The molecule has 19 heavy (non-hydrogen) atoms. The number of hydrogen-bond acceptors (Lipinski definition) is 3. The molecule has 3 rings (SSSR count). The lowest BCUT2D eigenvalue weighted by Crippen LogP contribution is -2.11. The fraction of sp³-hybridized carbons (Fsp3) is 0.438. The maximum Gasteiger partial charge on any atom is 0.110 e. The standard InChI is InChI=1S/C16H20N2S/c1-9-6-11(3)13(7-10(9)2)14-8-19-16(18-14)15(17)12-4-5-12/h6-8,12,15H,4-5,17H2,1-3H3. The first-order valence-corrected chi connectivity index (χ1v) is 7.73. The van der Waals surface area contributed by atoms with Crippen molar-refractivity contribution < 1.29 is 0 Å². The Morgan fingerprint density at radius 2 is 1.84 bits per heavy atom. The van der Waals surface area contributed by atoms with Crippen LogP contribution in [0.1, 0.15) is 40.6 Å². The smallest absolute Gasteiger partial charge is 0.110 e. The Hall–Kier alpha value is -1.19. The number of aryl methyl sites for hydroxylation is 3. The molecule has 1 saturated carbocycles. The second-order valence-corrected chi connectivity index (χ2v) is 6.58. The Labute approximate surface area is 118 Å². The van der Waals surface area contributed by atoms with Crippen LogP contribution in [0.15, 0.2) is 17.5 Å². The number of benzene rings is 1. The Morgan fingerprint density at radius 3 is 2.53 bits per heavy atom. The minimum Gasteiger partial charge on any atom is -0.322 e. The van der Waals surface area contributed by atoms with E-state index >= 15 is 0 Å². The summed E-state index contributed by atoms with van der Waals surface area (Å²) < 4.78 is 0. The van der Waals surface area contributed by atoms with E-state index in [2.05, 4.69) is 38.3 Å². The molecule has 2 aromatic rings. The summed E-state index contributed by atoms with van der Waals surface area (Å²) in [6, 6.07) is 4.63. The maximum atomic E-state index is 6.23. The monoisotopic (exact) mass is 272 g/mol. The van der Waals surface area contributed by atoms with Gasteiger partial charge in [-0.2, -0.15) is 0 Å². The molecule has 0 amide bonds. The molecule has 1 aromatic heterocycles. The summed E-state index contributed by atoms with van der Waals surface area (Å²) in [4.78, 5) is 4.77. The SMILES string of the molecule is Cc1cc(C)c(-c2csc(C(N)C3CC3)n2)cc1C. The third kappa shape index (κ3) is 2.45. The van der Waals surface area contributed by atoms with E-state index in [1.165, 1.54) is 35.1 Å². The maximum absolute atomic E-state index is 6.23. The van der Waals surface area contributed by atoms with Crippen LogP contribution in [0, 0.1) is 26.7 Å². The molecule has 0 bridgehead atoms. The second kappa shape index (κ2) is 4.73. The summed E-state index contributed by atoms with van der Waals surface area (Å²) in [6.07, 6.45) is 2.53. The first kappa shape index (κ1) is 12.8. The van der Waals surface area contributed by atoms with Gasteiger partial charge in [0, 0.05) is 10.9 Å². The van der Waals surface area contributed by atoms with E-state index in [1.54, 1.807) is 11.3 Å². The molecule has 0 radical (unpaired) electrons. The predicted molar refractivity (Wildman–Crippen MR) is 81.4 cm³/mol. The summed E-state index contributed by atoms with van der Waals surface area (Å²) in [7, 11) is 0. The van der Waals surface area contributed by atoms with Gasteiger partial charge in [-0.1, -0.05) is 6.07 Å². The molecule has 1 aliphatic rings. The first-order valence-electron chi connectivity index (χ1n) is 6.85. The van der Waals surface area contributed by atoms with Crippen LogP contribution in [0.4, 0.5) is 0 Å². The van der Waals surface area contributed by atoms with E-state index in [-0.39, 0.29) is 6.04 Å². The molecule has 2 nitrogen and oxygen atoms in total. The minimum absolute atomic E-state index is 0.144. The molecule has 2 N–H and O–H groups in total. The van der Waals surface area contributed by atoms with Gasteiger partial charge >= 0.3 is 0 Å². The second-order valence-electron chi connectivity index (χ2n) is 5.69. The molecule has 1 aromatic carbocycles. The van der Waals surface area contributed by atoms with Gasteiger partial charge in [0.2, 0.25) is 0 Å². The van der Waals surface area contributed by atoms with E-state index in [1.807, 2.05) is 0 Å². The summed E-state index contributed by atoms with van der Waals surface area (Å²) in [5.74, 6) is 0.667. The van der Waals surface area contributed by atoms with Crippen molar-refractivity contribution in [2.24, 2.45) is 11.7 Å². The van der Waals surface area contributed by atoms with E-state index in [0.717, 1.165) is 10.7 Å². The highest BCUT2D eigenvalue weighted by atomic mass is 32.1. The number of aromatic nitrogens is 1. The lowest BCUT2D eigenvalue weighted by Gasteiger charge is -2.08. The van der Waals surface area contributed by atoms with Crippen molar-refractivity contribution in [1.29, 1.82) is 0 Å². The van der Waals surface area contributed by atoms with E-state index < -0.39 is 0 Å². The van der Waals surface area contributed by atoms with Crippen LogP contribution < -0.4 is 5.73 Å². The topological polar surface area (TPSA) is 38.9 Å². The zero-order chi connectivity index (χ0) is 13.6. The third-order valence-corrected chi connectivity index (χ3v) is 5.00. The lowest BCUT2D eigenvalue weighted by atomic mass is 9.99. The minimum atomic E-state index is 0.144. The largest absolute Gasteiger partial charge is 0.322 e. The highest BCUT2D eigenvalue weighted by Crippen LogP contribution is 2.41. The van der Waals surface area contributed by atoms with Gasteiger partial charge < -0.3 is 5.73 Å². The molecule has 3 heteroatoms. The number of nitrogens with zero attached hydrogens (tertiary/aromatic N) is 1. The van der Waals surface area contributed by atoms with Crippen LogP contribution in [0.25, 0.3) is 11.3 Å². The third-order valence-electron chi connectivity index (χ3n) is 4.05. The first-order chi connectivity index (χ1) is 9.06. The van der Waals surface area contributed by atoms with Crippen molar-refractivity contribution in [1.82, 2.24) is 4.98 Å². The average Bonchev–Trinajstić information content (AvgIpc) is 3.11. The number of nitrogens with two attached hydrogens (primary N) is 1.